The van der Waals surface area contributed by atoms with Gasteiger partial charge in [-0.1, -0.05) is 19.1 Å². The Morgan fingerprint density at radius 2 is 1.62 bits per heavy atom. The summed E-state index contributed by atoms with van der Waals surface area (Å²) in [6, 6.07) is 13.9. The van der Waals surface area contributed by atoms with Crippen LogP contribution in [-0.2, 0) is 21.1 Å². The van der Waals surface area contributed by atoms with E-state index < -0.39 is 9.84 Å². The van der Waals surface area contributed by atoms with E-state index in [1.807, 2.05) is 38.1 Å². The van der Waals surface area contributed by atoms with Gasteiger partial charge in [0.05, 0.1) is 4.90 Å². The van der Waals surface area contributed by atoms with Gasteiger partial charge in [-0.3, -0.25) is 4.79 Å². The Morgan fingerprint density at radius 3 is 2.08 bits per heavy atom. The number of rotatable bonds is 7. The third-order valence-corrected chi connectivity index (χ3v) is 5.15. The maximum absolute atomic E-state index is 12.6. The Hall–Kier alpha value is -2.34. The van der Waals surface area contributed by atoms with Gasteiger partial charge in [0.1, 0.15) is 5.75 Å². The average molecular weight is 375 g/mol. The molecule has 0 aliphatic heterocycles. The fourth-order valence-corrected chi connectivity index (χ4v) is 3.25. The van der Waals surface area contributed by atoms with Gasteiger partial charge in [0, 0.05) is 18.0 Å². The van der Waals surface area contributed by atoms with Crippen LogP contribution in [0.5, 0.6) is 5.75 Å². The zero-order chi connectivity index (χ0) is 19.3. The number of carbonyl (C=O) groups excluding carboxylic acids is 1. The van der Waals surface area contributed by atoms with Crippen molar-refractivity contribution in [2.75, 3.05) is 17.8 Å². The summed E-state index contributed by atoms with van der Waals surface area (Å²) < 4.78 is 28.8. The number of hydrogen-bond acceptors (Lipinski definition) is 4. The first kappa shape index (κ1) is 20.0. The number of nitrogens with zero attached hydrogens (tertiary/aromatic N) is 1. The zero-order valence-corrected chi connectivity index (χ0v) is 16.4. The molecule has 2 aromatic carbocycles. The quantitative estimate of drug-likeness (QED) is 0.743. The van der Waals surface area contributed by atoms with Crippen LogP contribution in [0.2, 0.25) is 0 Å². The lowest BCUT2D eigenvalue weighted by molar-refractivity contribution is -0.120. The average Bonchev–Trinajstić information content (AvgIpc) is 2.60. The van der Waals surface area contributed by atoms with Gasteiger partial charge in [0.15, 0.2) is 16.4 Å². The lowest BCUT2D eigenvalue weighted by Crippen LogP contribution is -2.40. The summed E-state index contributed by atoms with van der Waals surface area (Å²) in [5, 5.41) is 0. The number of anilines is 1. The highest BCUT2D eigenvalue weighted by molar-refractivity contribution is 7.90. The van der Waals surface area contributed by atoms with Crippen LogP contribution >= 0.6 is 0 Å². The zero-order valence-electron chi connectivity index (χ0n) is 15.6. The third-order valence-electron chi connectivity index (χ3n) is 4.02. The van der Waals surface area contributed by atoms with E-state index in [0.29, 0.717) is 11.4 Å². The van der Waals surface area contributed by atoms with Gasteiger partial charge in [-0.15, -0.1) is 0 Å². The minimum atomic E-state index is -3.27. The summed E-state index contributed by atoms with van der Waals surface area (Å²) in [6.45, 7) is 5.79. The Balaban J connectivity index is 2.11. The maximum atomic E-state index is 12.6. The largest absolute Gasteiger partial charge is 0.484 e. The molecule has 0 fully saturated rings. The fraction of sp³-hybridized carbons (Fsp3) is 0.350. The smallest absolute Gasteiger partial charge is 0.265 e. The van der Waals surface area contributed by atoms with Crippen molar-refractivity contribution in [3.05, 3.63) is 54.1 Å². The van der Waals surface area contributed by atoms with Crippen molar-refractivity contribution in [1.29, 1.82) is 0 Å². The molecule has 5 nitrogen and oxygen atoms in total. The van der Waals surface area contributed by atoms with Gasteiger partial charge in [-0.2, -0.15) is 0 Å². The number of hydrogen-bond donors (Lipinski definition) is 0. The Labute approximate surface area is 155 Å². The van der Waals surface area contributed by atoms with E-state index in [2.05, 4.69) is 6.92 Å². The van der Waals surface area contributed by atoms with Crippen molar-refractivity contribution in [3.8, 4) is 5.75 Å². The van der Waals surface area contributed by atoms with Crippen molar-refractivity contribution >= 4 is 21.4 Å². The Bertz CT molecular complexity index is 840. The number of sulfone groups is 1. The van der Waals surface area contributed by atoms with Crippen LogP contribution in [0.3, 0.4) is 0 Å². The molecule has 0 saturated carbocycles. The highest BCUT2D eigenvalue weighted by Crippen LogP contribution is 2.21. The van der Waals surface area contributed by atoms with Crippen LogP contribution in [0, 0.1) is 0 Å². The molecule has 0 spiro atoms. The third kappa shape index (κ3) is 5.08. The molecule has 0 aliphatic carbocycles. The molecule has 0 heterocycles. The van der Waals surface area contributed by atoms with Crippen LogP contribution in [0.15, 0.2) is 53.4 Å². The van der Waals surface area contributed by atoms with Crippen LogP contribution in [0.25, 0.3) is 0 Å². The molecule has 0 unspecified atom stereocenters. The molecule has 140 valence electrons. The lowest BCUT2D eigenvalue weighted by atomic mass is 10.2. The normalized spacial score (nSPS) is 11.4. The SMILES string of the molecule is CCc1ccc(OCC(=O)N(c2ccc(S(C)(=O)=O)cc2)C(C)C)cc1. The highest BCUT2D eigenvalue weighted by Gasteiger charge is 2.20. The molecule has 1 amide bonds. The Morgan fingerprint density at radius 1 is 1.04 bits per heavy atom. The molecule has 0 bridgehead atoms. The molecule has 6 heteroatoms. The molecule has 0 atom stereocenters. The summed E-state index contributed by atoms with van der Waals surface area (Å²) >= 11 is 0. The van der Waals surface area contributed by atoms with Crippen LogP contribution < -0.4 is 9.64 Å². The molecular formula is C20H25NO4S. The van der Waals surface area contributed by atoms with Gasteiger partial charge in [0.2, 0.25) is 0 Å². The number of benzene rings is 2. The Kier molecular flexibility index (Phi) is 6.42. The topological polar surface area (TPSA) is 63.7 Å². The van der Waals surface area contributed by atoms with Crippen LogP contribution in [0.4, 0.5) is 5.69 Å². The summed E-state index contributed by atoms with van der Waals surface area (Å²) in [7, 11) is -3.27. The molecule has 0 radical (unpaired) electrons. The van der Waals surface area contributed by atoms with Gasteiger partial charge in [-0.05, 0) is 62.2 Å². The summed E-state index contributed by atoms with van der Waals surface area (Å²) in [6.07, 6.45) is 2.11. The van der Waals surface area contributed by atoms with Crippen molar-refractivity contribution in [2.45, 2.75) is 38.1 Å². The second kappa shape index (κ2) is 8.36. The summed E-state index contributed by atoms with van der Waals surface area (Å²) in [5.74, 6) is 0.457. The van der Waals surface area contributed by atoms with E-state index in [-0.39, 0.29) is 23.5 Å². The molecule has 0 aromatic heterocycles. The van der Waals surface area contributed by atoms with Gasteiger partial charge in [0.25, 0.3) is 5.91 Å². The first-order valence-corrected chi connectivity index (χ1v) is 10.5. The standard InChI is InChI=1S/C20H25NO4S/c1-5-16-6-10-18(11-7-16)25-14-20(22)21(15(2)3)17-8-12-19(13-9-17)26(4,23)24/h6-13,15H,5,14H2,1-4H3. The number of ether oxygens (including phenoxy) is 1. The van der Waals surface area contributed by atoms with Gasteiger partial charge < -0.3 is 9.64 Å². The maximum Gasteiger partial charge on any atom is 0.265 e. The number of carbonyl (C=O) groups is 1. The monoisotopic (exact) mass is 375 g/mol. The minimum Gasteiger partial charge on any atom is -0.484 e. The van der Waals surface area contributed by atoms with Crippen LogP contribution in [0.1, 0.15) is 26.3 Å². The highest BCUT2D eigenvalue weighted by atomic mass is 32.2. The van der Waals surface area contributed by atoms with Crippen molar-refractivity contribution in [1.82, 2.24) is 0 Å². The van der Waals surface area contributed by atoms with Crippen LogP contribution in [-0.4, -0.2) is 33.2 Å². The number of aryl methyl sites for hydroxylation is 1. The summed E-state index contributed by atoms with van der Waals surface area (Å²) in [5.41, 5.74) is 1.85. The summed E-state index contributed by atoms with van der Waals surface area (Å²) in [4.78, 5) is 14.5. The second-order valence-electron chi connectivity index (χ2n) is 6.41. The molecule has 2 rings (SSSR count). The molecule has 0 aliphatic rings. The molecule has 26 heavy (non-hydrogen) atoms. The predicted molar refractivity (Wildman–Crippen MR) is 103 cm³/mol. The van der Waals surface area contributed by atoms with Crippen molar-refractivity contribution < 1.29 is 17.9 Å². The molecule has 0 N–H and O–H groups in total. The number of amides is 1. The van der Waals surface area contributed by atoms with E-state index in [9.17, 15) is 13.2 Å². The molecule has 2 aromatic rings. The van der Waals surface area contributed by atoms with Gasteiger partial charge in [-0.25, -0.2) is 8.42 Å². The van der Waals surface area contributed by atoms with E-state index in [1.54, 1.807) is 17.0 Å². The van der Waals surface area contributed by atoms with Crippen molar-refractivity contribution in [3.63, 3.8) is 0 Å². The minimum absolute atomic E-state index is 0.0855. The van der Waals surface area contributed by atoms with Crippen molar-refractivity contribution in [2.24, 2.45) is 0 Å². The van der Waals surface area contributed by atoms with E-state index in [1.165, 1.54) is 17.7 Å². The van der Waals surface area contributed by atoms with E-state index in [0.717, 1.165) is 12.7 Å². The predicted octanol–water partition coefficient (Wildman–Crippen LogP) is 3.47. The van der Waals surface area contributed by atoms with E-state index >= 15 is 0 Å². The first-order chi connectivity index (χ1) is 12.2. The van der Waals surface area contributed by atoms with Gasteiger partial charge >= 0.3 is 0 Å². The molecular weight excluding hydrogens is 350 g/mol. The first-order valence-electron chi connectivity index (χ1n) is 8.56. The fourth-order valence-electron chi connectivity index (χ4n) is 2.62. The van der Waals surface area contributed by atoms with E-state index in [4.69, 9.17) is 4.74 Å². The lowest BCUT2D eigenvalue weighted by Gasteiger charge is -2.27. The molecule has 0 saturated heterocycles. The second-order valence-corrected chi connectivity index (χ2v) is 8.43.